The second kappa shape index (κ2) is 7.44. The normalized spacial score (nSPS) is 14.6. The topological polar surface area (TPSA) is 28.5 Å². The molecule has 2 aromatic rings. The van der Waals surface area contributed by atoms with Gasteiger partial charge >= 0.3 is 0 Å². The summed E-state index contributed by atoms with van der Waals surface area (Å²) in [6, 6.07) is 10.8. The number of hydrogen-bond donors (Lipinski definition) is 0. The van der Waals surface area contributed by atoms with Crippen molar-refractivity contribution in [3.05, 3.63) is 58.0 Å². The second-order valence-electron chi connectivity index (χ2n) is 7.25. The molecule has 0 bridgehead atoms. The monoisotopic (exact) mass is 339 g/mol. The molecule has 0 saturated heterocycles. The molecule has 1 aromatic heterocycles. The summed E-state index contributed by atoms with van der Waals surface area (Å²) in [7, 11) is 1.81. The van der Waals surface area contributed by atoms with E-state index in [1.807, 2.05) is 12.1 Å². The van der Waals surface area contributed by atoms with Gasteiger partial charge in [0.05, 0.1) is 0 Å². The second-order valence-corrected chi connectivity index (χ2v) is 7.25. The van der Waals surface area contributed by atoms with Gasteiger partial charge in [-0.1, -0.05) is 13.0 Å². The Morgan fingerprint density at radius 1 is 1.20 bits per heavy atom. The number of nitrogens with zero attached hydrogens (tertiary/aromatic N) is 3. The van der Waals surface area contributed by atoms with Gasteiger partial charge in [0.15, 0.2) is 0 Å². The fraction of sp³-hybridized carbons (Fsp3) is 0.476. The van der Waals surface area contributed by atoms with Crippen LogP contribution in [0.3, 0.4) is 0 Å². The van der Waals surface area contributed by atoms with Crippen molar-refractivity contribution in [2.75, 3.05) is 18.0 Å². The Bertz CT molecular complexity index is 794. The predicted molar refractivity (Wildman–Crippen MR) is 105 cm³/mol. The molecule has 134 valence electrons. The molecule has 2 heterocycles. The van der Waals surface area contributed by atoms with E-state index >= 15 is 0 Å². The Morgan fingerprint density at radius 3 is 2.72 bits per heavy atom. The first-order valence-corrected chi connectivity index (χ1v) is 9.30. The number of rotatable bonds is 5. The summed E-state index contributed by atoms with van der Waals surface area (Å²) in [5, 5.41) is 0. The number of benzene rings is 1. The van der Waals surface area contributed by atoms with Gasteiger partial charge in [0.2, 0.25) is 0 Å². The number of hydrogen-bond acceptors (Lipinski definition) is 3. The summed E-state index contributed by atoms with van der Waals surface area (Å²) in [6.45, 7) is 9.81. The van der Waals surface area contributed by atoms with Gasteiger partial charge in [-0.25, -0.2) is 0 Å². The standard InChI is InChI=1S/C21H29N3O/c1-5-11-23-13-10-17-8-9-19(14-18(17)15-23)24(16(2)3)20-7-6-12-22(4)21(20)25/h6-9,12,14,16H,5,10-11,13,15H2,1-4H3. The summed E-state index contributed by atoms with van der Waals surface area (Å²) >= 11 is 0. The number of fused-ring (bicyclic) bond motifs is 1. The molecule has 0 unspecified atom stereocenters. The average molecular weight is 339 g/mol. The van der Waals surface area contributed by atoms with Crippen LogP contribution in [0, 0.1) is 0 Å². The van der Waals surface area contributed by atoms with Gasteiger partial charge in [0, 0.05) is 38.1 Å². The molecule has 0 amide bonds. The van der Waals surface area contributed by atoms with Crippen LogP contribution in [0.1, 0.15) is 38.3 Å². The van der Waals surface area contributed by atoms with Crippen LogP contribution in [0.25, 0.3) is 0 Å². The van der Waals surface area contributed by atoms with E-state index in [4.69, 9.17) is 0 Å². The molecule has 1 aromatic carbocycles. The molecule has 4 heteroatoms. The van der Waals surface area contributed by atoms with Crippen molar-refractivity contribution in [1.82, 2.24) is 9.47 Å². The molecule has 0 N–H and O–H groups in total. The fourth-order valence-electron chi connectivity index (χ4n) is 3.74. The molecule has 0 saturated carbocycles. The van der Waals surface area contributed by atoms with E-state index in [1.54, 1.807) is 17.8 Å². The minimum Gasteiger partial charge on any atom is -0.334 e. The highest BCUT2D eigenvalue weighted by atomic mass is 16.1. The summed E-state index contributed by atoms with van der Waals surface area (Å²) < 4.78 is 1.64. The van der Waals surface area contributed by atoms with Crippen LogP contribution in [-0.4, -0.2) is 28.6 Å². The highest BCUT2D eigenvalue weighted by Gasteiger charge is 2.20. The third kappa shape index (κ3) is 3.64. The van der Waals surface area contributed by atoms with Gasteiger partial charge in [0.25, 0.3) is 5.56 Å². The summed E-state index contributed by atoms with van der Waals surface area (Å²) in [4.78, 5) is 17.3. The third-order valence-electron chi connectivity index (χ3n) is 4.98. The van der Waals surface area contributed by atoms with Crippen LogP contribution in [0.4, 0.5) is 11.4 Å². The maximum absolute atomic E-state index is 12.6. The Balaban J connectivity index is 2.00. The molecule has 1 aliphatic rings. The molecule has 0 spiro atoms. The lowest BCUT2D eigenvalue weighted by atomic mass is 9.98. The largest absolute Gasteiger partial charge is 0.334 e. The first kappa shape index (κ1) is 17.7. The van der Waals surface area contributed by atoms with Gasteiger partial charge < -0.3 is 9.47 Å². The van der Waals surface area contributed by atoms with Crippen LogP contribution < -0.4 is 10.5 Å². The molecule has 25 heavy (non-hydrogen) atoms. The van der Waals surface area contributed by atoms with E-state index in [1.165, 1.54) is 17.5 Å². The van der Waals surface area contributed by atoms with Crippen molar-refractivity contribution in [2.45, 2.75) is 46.2 Å². The first-order chi connectivity index (χ1) is 12.0. The Kier molecular flexibility index (Phi) is 5.28. The molecule has 0 fully saturated rings. The maximum Gasteiger partial charge on any atom is 0.274 e. The van der Waals surface area contributed by atoms with Crippen LogP contribution in [-0.2, 0) is 20.0 Å². The van der Waals surface area contributed by atoms with Crippen molar-refractivity contribution in [3.63, 3.8) is 0 Å². The quantitative estimate of drug-likeness (QED) is 0.831. The lowest BCUT2D eigenvalue weighted by molar-refractivity contribution is 0.255. The lowest BCUT2D eigenvalue weighted by Gasteiger charge is -2.32. The van der Waals surface area contributed by atoms with Crippen LogP contribution in [0.15, 0.2) is 41.3 Å². The van der Waals surface area contributed by atoms with Crippen LogP contribution in [0.2, 0.25) is 0 Å². The Morgan fingerprint density at radius 2 is 2.00 bits per heavy atom. The smallest absolute Gasteiger partial charge is 0.274 e. The predicted octanol–water partition coefficient (Wildman–Crippen LogP) is 3.70. The van der Waals surface area contributed by atoms with Crippen molar-refractivity contribution >= 4 is 11.4 Å². The van der Waals surface area contributed by atoms with Crippen molar-refractivity contribution in [2.24, 2.45) is 7.05 Å². The Hall–Kier alpha value is -2.07. The van der Waals surface area contributed by atoms with Gasteiger partial charge in [-0.3, -0.25) is 9.69 Å². The minimum atomic E-state index is 0.0431. The van der Waals surface area contributed by atoms with E-state index in [-0.39, 0.29) is 11.6 Å². The van der Waals surface area contributed by atoms with E-state index < -0.39 is 0 Å². The first-order valence-electron chi connectivity index (χ1n) is 9.30. The van der Waals surface area contributed by atoms with Gasteiger partial charge in [-0.05, 0) is 68.6 Å². The van der Waals surface area contributed by atoms with Gasteiger partial charge in [0.1, 0.15) is 5.69 Å². The molecule has 3 rings (SSSR count). The molecule has 0 radical (unpaired) electrons. The lowest BCUT2D eigenvalue weighted by Crippen LogP contribution is -2.34. The van der Waals surface area contributed by atoms with E-state index in [9.17, 15) is 4.79 Å². The van der Waals surface area contributed by atoms with Crippen molar-refractivity contribution in [3.8, 4) is 0 Å². The Labute approximate surface area is 150 Å². The van der Waals surface area contributed by atoms with E-state index in [0.717, 1.165) is 37.4 Å². The van der Waals surface area contributed by atoms with E-state index in [2.05, 4.69) is 48.8 Å². The van der Waals surface area contributed by atoms with E-state index in [0.29, 0.717) is 0 Å². The molecular weight excluding hydrogens is 310 g/mol. The number of aromatic nitrogens is 1. The van der Waals surface area contributed by atoms with Crippen LogP contribution in [0.5, 0.6) is 0 Å². The molecule has 1 aliphatic heterocycles. The van der Waals surface area contributed by atoms with Crippen molar-refractivity contribution < 1.29 is 0 Å². The minimum absolute atomic E-state index is 0.0431. The van der Waals surface area contributed by atoms with Gasteiger partial charge in [-0.15, -0.1) is 0 Å². The number of pyridine rings is 1. The zero-order chi connectivity index (χ0) is 18.0. The zero-order valence-electron chi connectivity index (χ0n) is 15.8. The highest BCUT2D eigenvalue weighted by molar-refractivity contribution is 5.64. The average Bonchev–Trinajstić information content (AvgIpc) is 2.58. The number of anilines is 2. The number of aryl methyl sites for hydroxylation is 1. The summed E-state index contributed by atoms with van der Waals surface area (Å²) in [6.07, 6.45) is 4.11. The molecule has 0 aliphatic carbocycles. The zero-order valence-corrected chi connectivity index (χ0v) is 15.8. The summed E-state index contributed by atoms with van der Waals surface area (Å²) in [5.41, 5.74) is 4.73. The highest BCUT2D eigenvalue weighted by Crippen LogP contribution is 2.30. The maximum atomic E-state index is 12.6. The van der Waals surface area contributed by atoms with Crippen molar-refractivity contribution in [1.29, 1.82) is 0 Å². The summed E-state index contributed by atoms with van der Waals surface area (Å²) in [5.74, 6) is 0. The third-order valence-corrected chi connectivity index (χ3v) is 4.98. The fourth-order valence-corrected chi connectivity index (χ4v) is 3.74. The SMILES string of the molecule is CCCN1CCc2ccc(N(c3cccn(C)c3=O)C(C)C)cc2C1. The molecular formula is C21H29N3O. The van der Waals surface area contributed by atoms with Crippen LogP contribution >= 0.6 is 0 Å². The van der Waals surface area contributed by atoms with Gasteiger partial charge in [-0.2, -0.15) is 0 Å². The molecule has 4 nitrogen and oxygen atoms in total. The molecule has 0 atom stereocenters.